The van der Waals surface area contributed by atoms with Crippen LogP contribution in [0, 0.1) is 12.7 Å². The van der Waals surface area contributed by atoms with E-state index in [9.17, 15) is 4.39 Å². The van der Waals surface area contributed by atoms with Crippen molar-refractivity contribution in [1.82, 2.24) is 0 Å². The van der Waals surface area contributed by atoms with E-state index in [1.54, 1.807) is 6.92 Å². The minimum atomic E-state index is -0.146. The molecule has 0 bridgehead atoms. The molecule has 0 fully saturated rings. The highest BCUT2D eigenvalue weighted by Gasteiger charge is 2.04. The molecule has 2 nitrogen and oxygen atoms in total. The summed E-state index contributed by atoms with van der Waals surface area (Å²) in [6.07, 6.45) is 2.08. The predicted molar refractivity (Wildman–Crippen MR) is 67.3 cm³/mol. The monoisotopic (exact) mass is 224 g/mol. The standard InChI is InChI=1S/C13H21FN2/c1-10-9-12(6-7-13(10)14)16(3)8-4-5-11(2)15/h6-7,9,11H,4-5,8,15H2,1-3H3. The lowest BCUT2D eigenvalue weighted by atomic mass is 10.1. The molecule has 3 heteroatoms. The Bertz CT molecular complexity index is 337. The lowest BCUT2D eigenvalue weighted by Crippen LogP contribution is -2.22. The summed E-state index contributed by atoms with van der Waals surface area (Å²) < 4.78 is 13.1. The third-order valence-corrected chi connectivity index (χ3v) is 2.74. The lowest BCUT2D eigenvalue weighted by Gasteiger charge is -2.20. The van der Waals surface area contributed by atoms with Crippen LogP contribution < -0.4 is 10.6 Å². The van der Waals surface area contributed by atoms with E-state index in [2.05, 4.69) is 4.90 Å². The highest BCUT2D eigenvalue weighted by Crippen LogP contribution is 2.17. The van der Waals surface area contributed by atoms with Crippen LogP contribution in [0.5, 0.6) is 0 Å². The number of nitrogens with two attached hydrogens (primary N) is 1. The van der Waals surface area contributed by atoms with Gasteiger partial charge in [0.25, 0.3) is 0 Å². The van der Waals surface area contributed by atoms with E-state index < -0.39 is 0 Å². The number of halogens is 1. The molecule has 1 aromatic carbocycles. The SMILES string of the molecule is Cc1cc(N(C)CCCC(C)N)ccc1F. The van der Waals surface area contributed by atoms with E-state index in [-0.39, 0.29) is 11.9 Å². The second-order valence-electron chi connectivity index (χ2n) is 4.47. The number of benzene rings is 1. The van der Waals surface area contributed by atoms with Crippen LogP contribution in [-0.2, 0) is 0 Å². The zero-order valence-corrected chi connectivity index (χ0v) is 10.3. The largest absolute Gasteiger partial charge is 0.375 e. The van der Waals surface area contributed by atoms with Gasteiger partial charge in [0, 0.05) is 25.3 Å². The van der Waals surface area contributed by atoms with Gasteiger partial charge < -0.3 is 10.6 Å². The Morgan fingerprint density at radius 2 is 2.12 bits per heavy atom. The van der Waals surface area contributed by atoms with Gasteiger partial charge in [0.2, 0.25) is 0 Å². The zero-order chi connectivity index (χ0) is 12.1. The predicted octanol–water partition coefficient (Wildman–Crippen LogP) is 2.70. The van der Waals surface area contributed by atoms with Crippen LogP contribution in [-0.4, -0.2) is 19.6 Å². The summed E-state index contributed by atoms with van der Waals surface area (Å²) in [6, 6.07) is 5.46. The Labute approximate surface area is 97.3 Å². The minimum Gasteiger partial charge on any atom is -0.375 e. The summed E-state index contributed by atoms with van der Waals surface area (Å²) in [5, 5.41) is 0. The van der Waals surface area contributed by atoms with E-state index in [1.807, 2.05) is 26.1 Å². The van der Waals surface area contributed by atoms with Crippen molar-refractivity contribution in [2.24, 2.45) is 5.73 Å². The smallest absolute Gasteiger partial charge is 0.126 e. The molecular formula is C13H21FN2. The molecule has 2 N–H and O–H groups in total. The van der Waals surface area contributed by atoms with Gasteiger partial charge in [-0.05, 0) is 50.5 Å². The van der Waals surface area contributed by atoms with E-state index in [0.29, 0.717) is 5.56 Å². The maximum Gasteiger partial charge on any atom is 0.126 e. The highest BCUT2D eigenvalue weighted by molar-refractivity contribution is 5.47. The molecule has 0 saturated carbocycles. The Morgan fingerprint density at radius 3 is 2.69 bits per heavy atom. The van der Waals surface area contributed by atoms with Gasteiger partial charge in [0.05, 0.1) is 0 Å². The Balaban J connectivity index is 2.52. The van der Waals surface area contributed by atoms with Gasteiger partial charge in [-0.1, -0.05) is 0 Å². The molecule has 0 spiro atoms. The van der Waals surface area contributed by atoms with E-state index in [0.717, 1.165) is 25.1 Å². The van der Waals surface area contributed by atoms with Crippen molar-refractivity contribution in [3.63, 3.8) is 0 Å². The van der Waals surface area contributed by atoms with Crippen molar-refractivity contribution in [1.29, 1.82) is 0 Å². The van der Waals surface area contributed by atoms with Crippen molar-refractivity contribution < 1.29 is 4.39 Å². The average Bonchev–Trinajstić information content (AvgIpc) is 2.21. The third kappa shape index (κ3) is 3.81. The Hall–Kier alpha value is -1.09. The summed E-state index contributed by atoms with van der Waals surface area (Å²) in [5.74, 6) is -0.146. The second-order valence-corrected chi connectivity index (χ2v) is 4.47. The molecule has 0 aromatic heterocycles. The van der Waals surface area contributed by atoms with E-state index in [4.69, 9.17) is 5.73 Å². The van der Waals surface area contributed by atoms with Crippen LogP contribution in [0.2, 0.25) is 0 Å². The maximum absolute atomic E-state index is 13.1. The molecule has 0 radical (unpaired) electrons. The summed E-state index contributed by atoms with van der Waals surface area (Å²) in [4.78, 5) is 2.13. The molecule has 0 aliphatic heterocycles. The van der Waals surface area contributed by atoms with Crippen LogP contribution in [0.3, 0.4) is 0 Å². The molecule has 1 aromatic rings. The van der Waals surface area contributed by atoms with Gasteiger partial charge in [-0.15, -0.1) is 0 Å². The lowest BCUT2D eigenvalue weighted by molar-refractivity contribution is 0.614. The van der Waals surface area contributed by atoms with Crippen LogP contribution >= 0.6 is 0 Å². The van der Waals surface area contributed by atoms with E-state index >= 15 is 0 Å². The molecule has 1 rings (SSSR count). The van der Waals surface area contributed by atoms with Crippen molar-refractivity contribution in [3.05, 3.63) is 29.6 Å². The van der Waals surface area contributed by atoms with E-state index in [1.165, 1.54) is 6.07 Å². The molecule has 1 atom stereocenters. The summed E-state index contributed by atoms with van der Waals surface area (Å²) in [7, 11) is 2.02. The fraction of sp³-hybridized carbons (Fsp3) is 0.538. The maximum atomic E-state index is 13.1. The average molecular weight is 224 g/mol. The van der Waals surface area contributed by atoms with Crippen molar-refractivity contribution in [2.45, 2.75) is 32.7 Å². The molecule has 0 aliphatic rings. The third-order valence-electron chi connectivity index (χ3n) is 2.74. The first-order chi connectivity index (χ1) is 7.50. The number of aryl methyl sites for hydroxylation is 1. The first kappa shape index (κ1) is 13.0. The quantitative estimate of drug-likeness (QED) is 0.833. The second kappa shape index (κ2) is 5.85. The molecule has 0 aliphatic carbocycles. The number of hydrogen-bond acceptors (Lipinski definition) is 2. The fourth-order valence-electron chi connectivity index (χ4n) is 1.65. The Kier molecular flexibility index (Phi) is 4.74. The number of anilines is 1. The molecule has 0 heterocycles. The van der Waals surface area contributed by atoms with Gasteiger partial charge in [-0.25, -0.2) is 4.39 Å². The summed E-state index contributed by atoms with van der Waals surface area (Å²) in [6.45, 7) is 4.75. The van der Waals surface area contributed by atoms with Crippen LogP contribution in [0.1, 0.15) is 25.3 Å². The van der Waals surface area contributed by atoms with Gasteiger partial charge in [0.15, 0.2) is 0 Å². The van der Waals surface area contributed by atoms with Gasteiger partial charge in [0.1, 0.15) is 5.82 Å². The topological polar surface area (TPSA) is 29.3 Å². The minimum absolute atomic E-state index is 0.146. The molecule has 16 heavy (non-hydrogen) atoms. The summed E-state index contributed by atoms with van der Waals surface area (Å²) in [5.41, 5.74) is 7.44. The number of rotatable bonds is 5. The normalized spacial score (nSPS) is 12.6. The highest BCUT2D eigenvalue weighted by atomic mass is 19.1. The summed E-state index contributed by atoms with van der Waals surface area (Å²) >= 11 is 0. The van der Waals surface area contributed by atoms with Crippen LogP contribution in [0.25, 0.3) is 0 Å². The molecule has 0 amide bonds. The van der Waals surface area contributed by atoms with Gasteiger partial charge in [-0.3, -0.25) is 0 Å². The van der Waals surface area contributed by atoms with Crippen molar-refractivity contribution in [2.75, 3.05) is 18.5 Å². The molecule has 1 unspecified atom stereocenters. The van der Waals surface area contributed by atoms with Crippen LogP contribution in [0.4, 0.5) is 10.1 Å². The first-order valence-corrected chi connectivity index (χ1v) is 5.73. The zero-order valence-electron chi connectivity index (χ0n) is 10.3. The van der Waals surface area contributed by atoms with Crippen molar-refractivity contribution >= 4 is 5.69 Å². The van der Waals surface area contributed by atoms with Gasteiger partial charge in [-0.2, -0.15) is 0 Å². The molecule has 0 saturated heterocycles. The van der Waals surface area contributed by atoms with Gasteiger partial charge >= 0.3 is 0 Å². The van der Waals surface area contributed by atoms with Crippen LogP contribution in [0.15, 0.2) is 18.2 Å². The fourth-order valence-corrected chi connectivity index (χ4v) is 1.65. The Morgan fingerprint density at radius 1 is 1.44 bits per heavy atom. The van der Waals surface area contributed by atoms with Crippen molar-refractivity contribution in [3.8, 4) is 0 Å². The number of nitrogens with zero attached hydrogens (tertiary/aromatic N) is 1. The first-order valence-electron chi connectivity index (χ1n) is 5.73. The molecular weight excluding hydrogens is 203 g/mol. The molecule has 90 valence electrons. The number of hydrogen-bond donors (Lipinski definition) is 1.